The highest BCUT2D eigenvalue weighted by Crippen LogP contribution is 2.33. The summed E-state index contributed by atoms with van der Waals surface area (Å²) in [5, 5.41) is -0.193. The van der Waals surface area contributed by atoms with Crippen molar-refractivity contribution in [1.82, 2.24) is 4.98 Å². The Hall–Kier alpha value is -0.605. The summed E-state index contributed by atoms with van der Waals surface area (Å²) in [7, 11) is 2.82. The minimum absolute atomic E-state index is 0.122. The Bertz CT molecular complexity index is 483. The van der Waals surface area contributed by atoms with Crippen LogP contribution >= 0.6 is 9.24 Å². The zero-order valence-electron chi connectivity index (χ0n) is 12.4. The Labute approximate surface area is 121 Å². The molecule has 20 heavy (non-hydrogen) atoms. The van der Waals surface area contributed by atoms with Crippen LogP contribution in [0.3, 0.4) is 0 Å². The first-order valence-corrected chi connectivity index (χ1v) is 6.88. The molecule has 0 radical (unpaired) electrons. The maximum atomic E-state index is 12.7. The highest BCUT2D eigenvalue weighted by molar-refractivity contribution is 7.19. The summed E-state index contributed by atoms with van der Waals surface area (Å²) < 4.78 is 43.9. The predicted octanol–water partition coefficient (Wildman–Crippen LogP) is 2.83. The highest BCUT2D eigenvalue weighted by atomic mass is 31.0. The molecule has 1 aromatic heterocycles. The molecule has 0 spiro atoms. The lowest BCUT2D eigenvalue weighted by Crippen LogP contribution is -2.45. The van der Waals surface area contributed by atoms with Gasteiger partial charge in [-0.15, -0.1) is 9.24 Å². The van der Waals surface area contributed by atoms with Gasteiger partial charge in [-0.1, -0.05) is 13.8 Å². The van der Waals surface area contributed by atoms with Gasteiger partial charge in [-0.25, -0.2) is 4.98 Å². The van der Waals surface area contributed by atoms with Crippen LogP contribution in [0.4, 0.5) is 13.2 Å². The van der Waals surface area contributed by atoms with Gasteiger partial charge in [0, 0.05) is 10.9 Å². The van der Waals surface area contributed by atoms with Crippen LogP contribution in [0.1, 0.15) is 39.1 Å². The third kappa shape index (κ3) is 4.46. The molecule has 0 N–H and O–H groups in total. The first-order valence-electron chi connectivity index (χ1n) is 6.30. The van der Waals surface area contributed by atoms with Gasteiger partial charge in [0.25, 0.3) is 0 Å². The molecule has 1 rings (SSSR count). The van der Waals surface area contributed by atoms with Crippen molar-refractivity contribution in [3.8, 4) is 0 Å². The third-order valence-electron chi connectivity index (χ3n) is 3.46. The van der Waals surface area contributed by atoms with Crippen molar-refractivity contribution in [1.29, 1.82) is 0 Å². The van der Waals surface area contributed by atoms with E-state index in [2.05, 4.69) is 14.2 Å². The lowest BCUT2D eigenvalue weighted by Gasteiger charge is -2.39. The molecule has 0 aliphatic rings. The van der Waals surface area contributed by atoms with Crippen LogP contribution in [0.15, 0.2) is 12.1 Å². The summed E-state index contributed by atoms with van der Waals surface area (Å²) in [4.78, 5) is 3.51. The van der Waals surface area contributed by atoms with Gasteiger partial charge in [0.1, 0.15) is 5.69 Å². The zero-order chi connectivity index (χ0) is 15.8. The van der Waals surface area contributed by atoms with Crippen molar-refractivity contribution in [2.24, 2.45) is 0 Å². The quantitative estimate of drug-likeness (QED) is 0.630. The van der Waals surface area contributed by atoms with E-state index in [1.807, 2.05) is 27.7 Å². The smallest absolute Gasteiger partial charge is 0.429 e. The first kappa shape index (κ1) is 17.4. The standard InChI is InChI=1S/C13H20BF3NOP/c1-8-6-9(7-10(18-8)13(15,16)17)14-19-11(2,3)12(4,5)20/h6-7,14H,20H2,1-5H3. The number of alkyl halides is 3. The van der Waals surface area contributed by atoms with Crippen LogP contribution in [0, 0.1) is 6.92 Å². The van der Waals surface area contributed by atoms with Crippen molar-refractivity contribution in [2.75, 3.05) is 0 Å². The van der Waals surface area contributed by atoms with E-state index in [1.165, 1.54) is 0 Å². The van der Waals surface area contributed by atoms with Gasteiger partial charge < -0.3 is 4.65 Å². The second kappa shape index (κ2) is 5.65. The number of aryl methyl sites for hydroxylation is 1. The monoisotopic (exact) mass is 305 g/mol. The van der Waals surface area contributed by atoms with Gasteiger partial charge in [-0.2, -0.15) is 13.2 Å². The second-order valence-electron chi connectivity index (χ2n) is 6.02. The van der Waals surface area contributed by atoms with Crippen molar-refractivity contribution in [2.45, 2.75) is 51.6 Å². The van der Waals surface area contributed by atoms with Crippen molar-refractivity contribution < 1.29 is 17.8 Å². The fourth-order valence-corrected chi connectivity index (χ4v) is 1.50. The molecular formula is C13H20BF3NOP. The van der Waals surface area contributed by atoms with E-state index >= 15 is 0 Å². The van der Waals surface area contributed by atoms with Crippen LogP contribution in [-0.4, -0.2) is 23.2 Å². The molecule has 0 aromatic carbocycles. The maximum Gasteiger partial charge on any atom is 0.433 e. The van der Waals surface area contributed by atoms with Crippen LogP contribution in [0.5, 0.6) is 0 Å². The molecule has 1 unspecified atom stereocenters. The Morgan fingerprint density at radius 2 is 1.70 bits per heavy atom. The van der Waals surface area contributed by atoms with E-state index in [9.17, 15) is 13.2 Å². The average Bonchev–Trinajstić information content (AvgIpc) is 2.23. The summed E-state index contributed by atoms with van der Waals surface area (Å²) >= 11 is 0. The molecule has 0 saturated heterocycles. The summed E-state index contributed by atoms with van der Waals surface area (Å²) in [5.41, 5.74) is -0.541. The third-order valence-corrected chi connectivity index (χ3v) is 4.15. The van der Waals surface area contributed by atoms with Crippen LogP contribution < -0.4 is 5.46 Å². The van der Waals surface area contributed by atoms with E-state index in [0.29, 0.717) is 11.2 Å². The van der Waals surface area contributed by atoms with Crippen molar-refractivity contribution >= 4 is 22.2 Å². The summed E-state index contributed by atoms with van der Waals surface area (Å²) in [6.45, 7) is 9.37. The SMILES string of the molecule is Cc1cc(BOC(C)(C)C(C)(C)P)cc(C(F)(F)F)n1. The lowest BCUT2D eigenvalue weighted by atomic mass is 9.83. The van der Waals surface area contributed by atoms with Crippen LogP contribution in [0.2, 0.25) is 0 Å². The number of rotatable bonds is 4. The van der Waals surface area contributed by atoms with Gasteiger partial charge in [0.15, 0.2) is 0 Å². The summed E-state index contributed by atoms with van der Waals surface area (Å²) in [5.74, 6) is 0. The number of nitrogens with zero attached hydrogens (tertiary/aromatic N) is 1. The van der Waals surface area contributed by atoms with Gasteiger partial charge in [-0.05, 0) is 38.4 Å². The van der Waals surface area contributed by atoms with E-state index in [0.717, 1.165) is 6.07 Å². The Kier molecular flexibility index (Phi) is 4.93. The second-order valence-corrected chi connectivity index (χ2v) is 7.46. The van der Waals surface area contributed by atoms with Gasteiger partial charge in [0.2, 0.25) is 0 Å². The Morgan fingerprint density at radius 1 is 1.15 bits per heavy atom. The molecule has 0 bridgehead atoms. The molecule has 7 heteroatoms. The number of hydrogen-bond acceptors (Lipinski definition) is 2. The molecule has 1 atom stereocenters. The molecule has 1 aromatic rings. The fraction of sp³-hybridized carbons (Fsp3) is 0.615. The molecule has 112 valence electrons. The first-order chi connectivity index (χ1) is 8.83. The highest BCUT2D eigenvalue weighted by Gasteiger charge is 2.35. The predicted molar refractivity (Wildman–Crippen MR) is 79.7 cm³/mol. The van der Waals surface area contributed by atoms with E-state index in [1.54, 1.807) is 13.0 Å². The molecule has 0 amide bonds. The molecular weight excluding hydrogens is 285 g/mol. The minimum Gasteiger partial charge on any atom is -0.429 e. The maximum absolute atomic E-state index is 12.7. The number of pyridine rings is 1. The molecule has 0 aliphatic heterocycles. The Balaban J connectivity index is 2.92. The van der Waals surface area contributed by atoms with E-state index in [-0.39, 0.29) is 12.6 Å². The number of hydrogen-bond donors (Lipinski definition) is 0. The fourth-order valence-electron chi connectivity index (χ4n) is 1.42. The largest absolute Gasteiger partial charge is 0.433 e. The Morgan fingerprint density at radius 3 is 2.15 bits per heavy atom. The zero-order valence-corrected chi connectivity index (χ0v) is 13.6. The van der Waals surface area contributed by atoms with Crippen LogP contribution in [0.25, 0.3) is 0 Å². The summed E-state index contributed by atoms with van der Waals surface area (Å²) in [6, 6.07) is 2.65. The summed E-state index contributed by atoms with van der Waals surface area (Å²) in [6.07, 6.45) is -4.43. The topological polar surface area (TPSA) is 22.1 Å². The molecule has 1 heterocycles. The van der Waals surface area contributed by atoms with Gasteiger partial charge in [-0.3, -0.25) is 0 Å². The van der Waals surface area contributed by atoms with Gasteiger partial charge in [0.05, 0.1) is 5.60 Å². The number of halogens is 3. The normalized spacial score (nSPS) is 13.4. The van der Waals surface area contributed by atoms with Crippen molar-refractivity contribution in [3.63, 3.8) is 0 Å². The molecule has 0 saturated carbocycles. The molecule has 0 fully saturated rings. The van der Waals surface area contributed by atoms with Crippen LogP contribution in [-0.2, 0) is 10.8 Å². The lowest BCUT2D eigenvalue weighted by molar-refractivity contribution is -0.141. The van der Waals surface area contributed by atoms with Crippen molar-refractivity contribution in [3.05, 3.63) is 23.5 Å². The van der Waals surface area contributed by atoms with Gasteiger partial charge >= 0.3 is 13.7 Å². The van der Waals surface area contributed by atoms with E-state index in [4.69, 9.17) is 4.65 Å². The van der Waals surface area contributed by atoms with E-state index < -0.39 is 17.5 Å². The molecule has 0 aliphatic carbocycles. The number of aromatic nitrogens is 1. The minimum atomic E-state index is -4.43. The molecule has 2 nitrogen and oxygen atoms in total. The average molecular weight is 305 g/mol.